The molecule has 1 atom stereocenters. The predicted octanol–water partition coefficient (Wildman–Crippen LogP) is 2.20. The highest BCUT2D eigenvalue weighted by Gasteiger charge is 2.32. The highest BCUT2D eigenvalue weighted by atomic mass is 15.3. The van der Waals surface area contributed by atoms with Crippen LogP contribution in [0.2, 0.25) is 0 Å². The van der Waals surface area contributed by atoms with E-state index >= 15 is 0 Å². The van der Waals surface area contributed by atoms with Gasteiger partial charge in [0.05, 0.1) is 0 Å². The highest BCUT2D eigenvalue weighted by molar-refractivity contribution is 5.46. The molecule has 3 rings (SSSR count). The van der Waals surface area contributed by atoms with Crippen molar-refractivity contribution in [3.63, 3.8) is 0 Å². The van der Waals surface area contributed by atoms with Gasteiger partial charge in [0, 0.05) is 44.5 Å². The Morgan fingerprint density at radius 1 is 1.10 bits per heavy atom. The van der Waals surface area contributed by atoms with Gasteiger partial charge in [0.25, 0.3) is 0 Å². The Bertz CT molecular complexity index is 394. The molecule has 1 aromatic rings. The van der Waals surface area contributed by atoms with E-state index in [9.17, 15) is 0 Å². The third kappa shape index (κ3) is 3.53. The molecule has 1 saturated carbocycles. The minimum atomic E-state index is 0.725. The summed E-state index contributed by atoms with van der Waals surface area (Å²) in [5.41, 5.74) is 1.37. The maximum atomic E-state index is 3.68. The number of hydrogen-bond acceptors (Lipinski definition) is 3. The molecule has 2 fully saturated rings. The van der Waals surface area contributed by atoms with Crippen LogP contribution >= 0.6 is 0 Å². The Labute approximate surface area is 123 Å². The first-order valence-electron chi connectivity index (χ1n) is 8.12. The number of anilines is 1. The summed E-state index contributed by atoms with van der Waals surface area (Å²) in [6, 6.07) is 11.5. The van der Waals surface area contributed by atoms with Crippen LogP contribution in [0.25, 0.3) is 0 Å². The average molecular weight is 273 g/mol. The molecule has 0 bridgehead atoms. The quantitative estimate of drug-likeness (QED) is 0.857. The van der Waals surface area contributed by atoms with Crippen molar-refractivity contribution in [2.45, 2.75) is 25.8 Å². The van der Waals surface area contributed by atoms with Crippen molar-refractivity contribution in [2.75, 3.05) is 44.2 Å². The van der Waals surface area contributed by atoms with Gasteiger partial charge in [0.15, 0.2) is 0 Å². The molecule has 1 saturated heterocycles. The minimum Gasteiger partial charge on any atom is -0.369 e. The summed E-state index contributed by atoms with van der Waals surface area (Å²) in [5, 5.41) is 3.68. The number of nitrogens with zero attached hydrogens (tertiary/aromatic N) is 2. The van der Waals surface area contributed by atoms with E-state index in [2.05, 4.69) is 52.4 Å². The lowest BCUT2D eigenvalue weighted by Gasteiger charge is -2.37. The minimum absolute atomic E-state index is 0.725. The molecule has 3 heteroatoms. The summed E-state index contributed by atoms with van der Waals surface area (Å²) in [4.78, 5) is 5.15. The zero-order valence-electron chi connectivity index (χ0n) is 12.6. The molecule has 1 N–H and O–H groups in total. The molecular weight excluding hydrogens is 246 g/mol. The van der Waals surface area contributed by atoms with Gasteiger partial charge in [-0.05, 0) is 37.4 Å². The molecule has 0 radical (unpaired) electrons. The zero-order chi connectivity index (χ0) is 13.8. The van der Waals surface area contributed by atoms with Crippen LogP contribution in [-0.4, -0.2) is 50.2 Å². The van der Waals surface area contributed by atoms with E-state index in [4.69, 9.17) is 0 Å². The molecule has 1 aromatic carbocycles. The van der Waals surface area contributed by atoms with E-state index in [1.807, 2.05) is 0 Å². The van der Waals surface area contributed by atoms with Gasteiger partial charge in [0.1, 0.15) is 0 Å². The molecule has 2 aliphatic rings. The predicted molar refractivity (Wildman–Crippen MR) is 85.3 cm³/mol. The van der Waals surface area contributed by atoms with Crippen LogP contribution in [0.1, 0.15) is 19.8 Å². The Hall–Kier alpha value is -1.06. The second-order valence-electron chi connectivity index (χ2n) is 6.12. The number of benzene rings is 1. The topological polar surface area (TPSA) is 18.5 Å². The van der Waals surface area contributed by atoms with Gasteiger partial charge in [-0.3, -0.25) is 4.90 Å². The second kappa shape index (κ2) is 6.59. The number of nitrogens with one attached hydrogen (secondary N) is 1. The lowest BCUT2D eigenvalue weighted by Crippen LogP contribution is -2.51. The first-order chi connectivity index (χ1) is 9.86. The SMILES string of the molecule is CCNC(CN1CCN(c2ccccc2)CC1)C1CC1. The van der Waals surface area contributed by atoms with Crippen LogP contribution in [-0.2, 0) is 0 Å². The monoisotopic (exact) mass is 273 g/mol. The van der Waals surface area contributed by atoms with E-state index in [0.717, 1.165) is 31.6 Å². The molecule has 1 heterocycles. The standard InChI is InChI=1S/C17H27N3/c1-2-18-17(15-8-9-15)14-19-10-12-20(13-11-19)16-6-4-3-5-7-16/h3-7,15,17-18H,2,8-14H2,1H3. The van der Waals surface area contributed by atoms with Crippen molar-refractivity contribution in [3.05, 3.63) is 30.3 Å². The number of piperazine rings is 1. The number of rotatable bonds is 6. The van der Waals surface area contributed by atoms with Gasteiger partial charge in [-0.25, -0.2) is 0 Å². The van der Waals surface area contributed by atoms with Crippen LogP contribution in [0.15, 0.2) is 30.3 Å². The fraction of sp³-hybridized carbons (Fsp3) is 0.647. The number of para-hydroxylation sites is 1. The van der Waals surface area contributed by atoms with Gasteiger partial charge < -0.3 is 10.2 Å². The van der Waals surface area contributed by atoms with Crippen LogP contribution in [0.3, 0.4) is 0 Å². The Balaban J connectivity index is 1.48. The molecule has 3 nitrogen and oxygen atoms in total. The van der Waals surface area contributed by atoms with Gasteiger partial charge in [-0.2, -0.15) is 0 Å². The van der Waals surface area contributed by atoms with E-state index in [1.165, 1.54) is 38.2 Å². The van der Waals surface area contributed by atoms with Crippen LogP contribution in [0, 0.1) is 5.92 Å². The summed E-state index contributed by atoms with van der Waals surface area (Å²) >= 11 is 0. The molecular formula is C17H27N3. The zero-order valence-corrected chi connectivity index (χ0v) is 12.6. The van der Waals surface area contributed by atoms with E-state index in [1.54, 1.807) is 0 Å². The van der Waals surface area contributed by atoms with Crippen molar-refractivity contribution in [1.29, 1.82) is 0 Å². The smallest absolute Gasteiger partial charge is 0.0367 e. The van der Waals surface area contributed by atoms with Gasteiger partial charge in [-0.1, -0.05) is 25.1 Å². The molecule has 1 unspecified atom stereocenters. The molecule has 20 heavy (non-hydrogen) atoms. The number of likely N-dealkylation sites (N-methyl/N-ethyl adjacent to an activating group) is 1. The van der Waals surface area contributed by atoms with E-state index in [-0.39, 0.29) is 0 Å². The fourth-order valence-corrected chi connectivity index (χ4v) is 3.25. The summed E-state index contributed by atoms with van der Waals surface area (Å²) in [6.45, 7) is 9.28. The van der Waals surface area contributed by atoms with E-state index < -0.39 is 0 Å². The first-order valence-corrected chi connectivity index (χ1v) is 8.12. The summed E-state index contributed by atoms with van der Waals surface area (Å²) < 4.78 is 0. The van der Waals surface area contributed by atoms with Gasteiger partial charge >= 0.3 is 0 Å². The second-order valence-corrected chi connectivity index (χ2v) is 6.12. The molecule has 110 valence electrons. The van der Waals surface area contributed by atoms with Crippen molar-refractivity contribution in [1.82, 2.24) is 10.2 Å². The molecule has 1 aliphatic carbocycles. The molecule has 0 spiro atoms. The number of hydrogen-bond donors (Lipinski definition) is 1. The maximum absolute atomic E-state index is 3.68. The summed E-state index contributed by atoms with van der Waals surface area (Å²) in [7, 11) is 0. The third-order valence-corrected chi connectivity index (χ3v) is 4.61. The fourth-order valence-electron chi connectivity index (χ4n) is 3.25. The molecule has 0 aromatic heterocycles. The lowest BCUT2D eigenvalue weighted by molar-refractivity contribution is 0.220. The normalized spacial score (nSPS) is 21.9. The largest absolute Gasteiger partial charge is 0.369 e. The Morgan fingerprint density at radius 3 is 2.40 bits per heavy atom. The Kier molecular flexibility index (Phi) is 4.58. The van der Waals surface area contributed by atoms with Crippen molar-refractivity contribution in [3.8, 4) is 0 Å². The Morgan fingerprint density at radius 2 is 1.80 bits per heavy atom. The van der Waals surface area contributed by atoms with Crippen molar-refractivity contribution in [2.24, 2.45) is 5.92 Å². The van der Waals surface area contributed by atoms with Crippen LogP contribution < -0.4 is 10.2 Å². The maximum Gasteiger partial charge on any atom is 0.0367 e. The summed E-state index contributed by atoms with van der Waals surface area (Å²) in [6.07, 6.45) is 2.86. The molecule has 1 aliphatic heterocycles. The summed E-state index contributed by atoms with van der Waals surface area (Å²) in [5.74, 6) is 0.946. The highest BCUT2D eigenvalue weighted by Crippen LogP contribution is 2.33. The van der Waals surface area contributed by atoms with Crippen LogP contribution in [0.5, 0.6) is 0 Å². The first kappa shape index (κ1) is 13.9. The van der Waals surface area contributed by atoms with Crippen molar-refractivity contribution < 1.29 is 0 Å². The van der Waals surface area contributed by atoms with Crippen molar-refractivity contribution >= 4 is 5.69 Å². The van der Waals surface area contributed by atoms with E-state index in [0.29, 0.717) is 0 Å². The van der Waals surface area contributed by atoms with Crippen LogP contribution in [0.4, 0.5) is 5.69 Å². The average Bonchev–Trinajstić information content (AvgIpc) is 3.33. The third-order valence-electron chi connectivity index (χ3n) is 4.61. The van der Waals surface area contributed by atoms with Gasteiger partial charge in [0.2, 0.25) is 0 Å². The lowest BCUT2D eigenvalue weighted by atomic mass is 10.1. The molecule has 0 amide bonds. The van der Waals surface area contributed by atoms with Gasteiger partial charge in [-0.15, -0.1) is 0 Å².